The van der Waals surface area contributed by atoms with Crippen molar-refractivity contribution in [2.24, 2.45) is 0 Å². The molecule has 0 rings (SSSR count). The van der Waals surface area contributed by atoms with Gasteiger partial charge in [0.1, 0.15) is 13.2 Å². The molecule has 1 atom stereocenters. The van der Waals surface area contributed by atoms with Crippen molar-refractivity contribution in [1.29, 1.82) is 0 Å². The molecule has 0 aromatic rings. The molecule has 0 saturated heterocycles. The molecule has 82 heavy (non-hydrogen) atoms. The van der Waals surface area contributed by atoms with Crippen LogP contribution in [0, 0.1) is 0 Å². The van der Waals surface area contributed by atoms with E-state index in [-0.39, 0.29) is 31.1 Å². The number of esters is 3. The van der Waals surface area contributed by atoms with Gasteiger partial charge in [0.05, 0.1) is 0 Å². The lowest BCUT2D eigenvalue weighted by Gasteiger charge is -2.18. The predicted molar refractivity (Wildman–Crippen MR) is 358 cm³/mol. The summed E-state index contributed by atoms with van der Waals surface area (Å²) in [6.45, 7) is 6.60. The van der Waals surface area contributed by atoms with Crippen LogP contribution in [0.15, 0.2) is 36.5 Å². The molecule has 0 fully saturated rings. The average molecular weight is 1150 g/mol. The van der Waals surface area contributed by atoms with Crippen LogP contribution in [0.4, 0.5) is 0 Å². The molecular formula is C76H142O6. The van der Waals surface area contributed by atoms with E-state index in [4.69, 9.17) is 14.2 Å². The van der Waals surface area contributed by atoms with E-state index in [1.54, 1.807) is 0 Å². The van der Waals surface area contributed by atoms with Gasteiger partial charge in [-0.25, -0.2) is 0 Å². The van der Waals surface area contributed by atoms with E-state index in [1.807, 2.05) is 0 Å². The van der Waals surface area contributed by atoms with Crippen molar-refractivity contribution >= 4 is 17.9 Å². The first-order valence-corrected chi connectivity index (χ1v) is 37.0. The van der Waals surface area contributed by atoms with Crippen LogP contribution >= 0.6 is 0 Å². The van der Waals surface area contributed by atoms with Gasteiger partial charge in [0, 0.05) is 19.3 Å². The minimum absolute atomic E-state index is 0.0717. The predicted octanol–water partition coefficient (Wildman–Crippen LogP) is 25.5. The number of rotatable bonds is 69. The first-order valence-electron chi connectivity index (χ1n) is 37.0. The fourth-order valence-electron chi connectivity index (χ4n) is 11.4. The fourth-order valence-corrected chi connectivity index (χ4v) is 11.4. The van der Waals surface area contributed by atoms with Gasteiger partial charge in [-0.3, -0.25) is 14.4 Å². The summed E-state index contributed by atoms with van der Waals surface area (Å²) in [6, 6.07) is 0. The van der Waals surface area contributed by atoms with E-state index >= 15 is 0 Å². The van der Waals surface area contributed by atoms with Crippen LogP contribution in [0.5, 0.6) is 0 Å². The maximum absolute atomic E-state index is 13.0. The highest BCUT2D eigenvalue weighted by Gasteiger charge is 2.20. The van der Waals surface area contributed by atoms with Crippen LogP contribution < -0.4 is 0 Å². The summed E-state index contributed by atoms with van der Waals surface area (Å²) in [5, 5.41) is 0. The molecule has 0 bridgehead atoms. The summed E-state index contributed by atoms with van der Waals surface area (Å²) < 4.78 is 17.0. The van der Waals surface area contributed by atoms with E-state index in [0.717, 1.165) is 96.3 Å². The standard InChI is InChI=1S/C76H142O6/c1-4-7-10-13-16-19-22-25-28-30-32-34-35-36-37-38-39-40-42-43-45-48-51-54-57-60-63-66-69-75(78)81-72-73(71-80-74(77)68-65-62-59-56-53-50-47-27-24-21-18-15-12-9-6-3)82-76(79)70-67-64-61-58-55-52-49-46-44-41-33-31-29-26-23-20-17-14-11-8-5-2/h9,12,18,21,27,47,73H,4-8,10-11,13-17,19-20,22-26,28-46,48-72H2,1-3H3/b12-9-,21-18-,47-27-. The Morgan fingerprint density at radius 2 is 0.476 bits per heavy atom. The third-order valence-corrected chi connectivity index (χ3v) is 16.9. The van der Waals surface area contributed by atoms with Crippen molar-refractivity contribution in [2.75, 3.05) is 13.2 Å². The molecule has 1 unspecified atom stereocenters. The van der Waals surface area contributed by atoms with Gasteiger partial charge in [-0.1, -0.05) is 378 Å². The maximum Gasteiger partial charge on any atom is 0.306 e. The molecule has 0 heterocycles. The minimum atomic E-state index is -0.777. The molecule has 0 aliphatic rings. The molecule has 6 heteroatoms. The van der Waals surface area contributed by atoms with Crippen molar-refractivity contribution in [3.05, 3.63) is 36.5 Å². The number of unbranched alkanes of at least 4 members (excludes halogenated alkanes) is 52. The zero-order valence-electron chi connectivity index (χ0n) is 55.5. The Bertz CT molecular complexity index is 1370. The summed E-state index contributed by atoms with van der Waals surface area (Å²) in [6.07, 6.45) is 89.1. The second kappa shape index (κ2) is 71.1. The molecule has 0 radical (unpaired) electrons. The third kappa shape index (κ3) is 68.4. The molecule has 0 spiro atoms. The second-order valence-electron chi connectivity index (χ2n) is 25.2. The van der Waals surface area contributed by atoms with Crippen LogP contribution in [-0.4, -0.2) is 37.2 Å². The van der Waals surface area contributed by atoms with E-state index in [2.05, 4.69) is 57.2 Å². The summed E-state index contributed by atoms with van der Waals surface area (Å²) >= 11 is 0. The molecule has 6 nitrogen and oxygen atoms in total. The van der Waals surface area contributed by atoms with Gasteiger partial charge in [0.15, 0.2) is 6.10 Å². The smallest absolute Gasteiger partial charge is 0.306 e. The van der Waals surface area contributed by atoms with Crippen molar-refractivity contribution in [1.82, 2.24) is 0 Å². The van der Waals surface area contributed by atoms with Crippen LogP contribution in [0.2, 0.25) is 0 Å². The highest BCUT2D eigenvalue weighted by Crippen LogP contribution is 2.19. The Morgan fingerprint density at radius 1 is 0.256 bits per heavy atom. The van der Waals surface area contributed by atoms with E-state index in [0.29, 0.717) is 19.3 Å². The summed E-state index contributed by atoms with van der Waals surface area (Å²) in [4.78, 5) is 38.5. The van der Waals surface area contributed by atoms with E-state index < -0.39 is 6.10 Å². The molecular weight excluding hydrogens is 1010 g/mol. The van der Waals surface area contributed by atoms with Gasteiger partial charge < -0.3 is 14.2 Å². The van der Waals surface area contributed by atoms with Crippen molar-refractivity contribution in [3.63, 3.8) is 0 Å². The van der Waals surface area contributed by atoms with Gasteiger partial charge >= 0.3 is 17.9 Å². The van der Waals surface area contributed by atoms with E-state index in [1.165, 1.54) is 276 Å². The number of hydrogen-bond donors (Lipinski definition) is 0. The third-order valence-electron chi connectivity index (χ3n) is 16.9. The van der Waals surface area contributed by atoms with Gasteiger partial charge in [-0.15, -0.1) is 0 Å². The highest BCUT2D eigenvalue weighted by molar-refractivity contribution is 5.71. The molecule has 0 aliphatic carbocycles. The molecule has 0 N–H and O–H groups in total. The molecule has 0 aromatic carbocycles. The first kappa shape index (κ1) is 79.6. The van der Waals surface area contributed by atoms with Gasteiger partial charge in [0.25, 0.3) is 0 Å². The summed E-state index contributed by atoms with van der Waals surface area (Å²) in [5.74, 6) is -0.857. The molecule has 0 amide bonds. The lowest BCUT2D eigenvalue weighted by molar-refractivity contribution is -0.167. The lowest BCUT2D eigenvalue weighted by atomic mass is 10.0. The molecule has 0 aliphatic heterocycles. The Balaban J connectivity index is 4.21. The average Bonchev–Trinajstić information content (AvgIpc) is 3.47. The number of allylic oxidation sites excluding steroid dienone is 6. The zero-order valence-corrected chi connectivity index (χ0v) is 55.5. The number of carbonyl (C=O) groups is 3. The van der Waals surface area contributed by atoms with Gasteiger partial charge in [-0.2, -0.15) is 0 Å². The summed E-state index contributed by atoms with van der Waals surface area (Å²) in [5.41, 5.74) is 0. The number of carbonyl (C=O) groups excluding carboxylic acids is 3. The topological polar surface area (TPSA) is 78.9 Å². The Labute approximate surface area is 512 Å². The number of hydrogen-bond acceptors (Lipinski definition) is 6. The normalized spacial score (nSPS) is 12.2. The largest absolute Gasteiger partial charge is 0.462 e. The maximum atomic E-state index is 13.0. The SMILES string of the molecule is CC/C=C\C/C=C\C/C=C\CCCCCCCC(=O)OCC(COC(=O)CCCCCCCCCCCCCCCCCCCCCCCCCCCCCC)OC(=O)CCCCCCCCCCCCCCCCCCCCCCC. The highest BCUT2D eigenvalue weighted by atomic mass is 16.6. The van der Waals surface area contributed by atoms with Crippen molar-refractivity contribution in [3.8, 4) is 0 Å². The molecule has 482 valence electrons. The van der Waals surface area contributed by atoms with Crippen LogP contribution in [0.25, 0.3) is 0 Å². The number of ether oxygens (including phenoxy) is 3. The second-order valence-corrected chi connectivity index (χ2v) is 25.2. The molecule has 0 aromatic heterocycles. The first-order chi connectivity index (χ1) is 40.5. The Kier molecular flexibility index (Phi) is 69.1. The minimum Gasteiger partial charge on any atom is -0.462 e. The zero-order chi connectivity index (χ0) is 59.2. The fraction of sp³-hybridized carbons (Fsp3) is 0.882. The van der Waals surface area contributed by atoms with Crippen molar-refractivity contribution in [2.45, 2.75) is 419 Å². The summed E-state index contributed by atoms with van der Waals surface area (Å²) in [7, 11) is 0. The lowest BCUT2D eigenvalue weighted by Crippen LogP contribution is -2.30. The van der Waals surface area contributed by atoms with Crippen molar-refractivity contribution < 1.29 is 28.6 Å². The van der Waals surface area contributed by atoms with Gasteiger partial charge in [0.2, 0.25) is 0 Å². The monoisotopic (exact) mass is 1150 g/mol. The van der Waals surface area contributed by atoms with Gasteiger partial charge in [-0.05, 0) is 51.4 Å². The quantitative estimate of drug-likeness (QED) is 0.0261. The van der Waals surface area contributed by atoms with Crippen LogP contribution in [0.1, 0.15) is 412 Å². The Morgan fingerprint density at radius 3 is 0.744 bits per heavy atom. The van der Waals surface area contributed by atoms with Crippen LogP contribution in [0.3, 0.4) is 0 Å². The Hall–Kier alpha value is -2.37. The molecule has 0 saturated carbocycles. The van der Waals surface area contributed by atoms with E-state index in [9.17, 15) is 14.4 Å². The van der Waals surface area contributed by atoms with Crippen LogP contribution in [-0.2, 0) is 28.6 Å².